The number of hydrazone groups is 1. The van der Waals surface area contributed by atoms with Crippen LogP contribution in [0.2, 0.25) is 10.0 Å². The van der Waals surface area contributed by atoms with Crippen LogP contribution in [0.4, 0.5) is 5.69 Å². The summed E-state index contributed by atoms with van der Waals surface area (Å²) in [6.45, 7) is 2.00. The summed E-state index contributed by atoms with van der Waals surface area (Å²) >= 11 is 15.4. The number of ether oxygens (including phenoxy) is 2. The Morgan fingerprint density at radius 1 is 1.03 bits per heavy atom. The first kappa shape index (κ1) is 25.6. The van der Waals surface area contributed by atoms with Gasteiger partial charge in [-0.3, -0.25) is 9.59 Å². The van der Waals surface area contributed by atoms with Gasteiger partial charge in [-0.2, -0.15) is 5.10 Å². The maximum Gasteiger partial charge on any atom is 0.329 e. The van der Waals surface area contributed by atoms with E-state index >= 15 is 0 Å². The molecule has 34 heavy (non-hydrogen) atoms. The maximum atomic E-state index is 12.1. The molecule has 0 saturated heterocycles. The van der Waals surface area contributed by atoms with Crippen LogP contribution in [-0.4, -0.2) is 25.1 Å². The number of hydrogen-bond acceptors (Lipinski definition) is 5. The van der Waals surface area contributed by atoms with Crippen molar-refractivity contribution in [2.75, 3.05) is 12.4 Å². The highest BCUT2D eigenvalue weighted by atomic mass is 79.9. The van der Waals surface area contributed by atoms with Crippen molar-refractivity contribution in [3.63, 3.8) is 0 Å². The molecule has 0 aliphatic heterocycles. The molecule has 0 bridgehead atoms. The first-order valence-electron chi connectivity index (χ1n) is 9.92. The normalized spacial score (nSPS) is 10.7. The van der Waals surface area contributed by atoms with Crippen molar-refractivity contribution in [3.8, 4) is 11.5 Å². The average molecular weight is 565 g/mol. The van der Waals surface area contributed by atoms with Gasteiger partial charge in [-0.05, 0) is 72.6 Å². The van der Waals surface area contributed by atoms with Crippen LogP contribution >= 0.6 is 39.1 Å². The van der Waals surface area contributed by atoms with Gasteiger partial charge in [-0.25, -0.2) is 5.43 Å². The van der Waals surface area contributed by atoms with Crippen molar-refractivity contribution in [1.29, 1.82) is 0 Å². The van der Waals surface area contributed by atoms with E-state index in [1.54, 1.807) is 55.6 Å². The van der Waals surface area contributed by atoms with Crippen molar-refractivity contribution >= 4 is 62.8 Å². The van der Waals surface area contributed by atoms with Crippen LogP contribution in [0.25, 0.3) is 0 Å². The monoisotopic (exact) mass is 563 g/mol. The lowest BCUT2D eigenvalue weighted by Gasteiger charge is -2.12. The predicted octanol–water partition coefficient (Wildman–Crippen LogP) is 5.74. The highest BCUT2D eigenvalue weighted by Gasteiger charge is 2.14. The van der Waals surface area contributed by atoms with Gasteiger partial charge in [0.1, 0.15) is 18.1 Å². The van der Waals surface area contributed by atoms with Crippen LogP contribution in [0, 0.1) is 6.92 Å². The maximum absolute atomic E-state index is 12.1. The molecule has 3 aromatic rings. The molecule has 0 aromatic heterocycles. The summed E-state index contributed by atoms with van der Waals surface area (Å²) in [5, 5.41) is 7.32. The number of benzene rings is 3. The Kier molecular flexibility index (Phi) is 8.92. The van der Waals surface area contributed by atoms with Crippen LogP contribution in [0.15, 0.2) is 64.2 Å². The van der Waals surface area contributed by atoms with E-state index in [9.17, 15) is 9.59 Å². The van der Waals surface area contributed by atoms with Crippen LogP contribution in [0.1, 0.15) is 16.7 Å². The number of halogens is 3. The fraction of sp³-hybridized carbons (Fsp3) is 0.125. The lowest BCUT2D eigenvalue weighted by molar-refractivity contribution is -0.136. The van der Waals surface area contributed by atoms with Gasteiger partial charge in [0, 0.05) is 20.7 Å². The van der Waals surface area contributed by atoms with Gasteiger partial charge in [0.15, 0.2) is 0 Å². The Morgan fingerprint density at radius 2 is 1.79 bits per heavy atom. The Balaban J connectivity index is 1.62. The van der Waals surface area contributed by atoms with E-state index in [1.165, 1.54) is 6.21 Å². The first-order chi connectivity index (χ1) is 16.3. The third kappa shape index (κ3) is 6.96. The molecule has 0 spiro atoms. The minimum absolute atomic E-state index is 0.174. The second kappa shape index (κ2) is 11.9. The first-order valence-corrected chi connectivity index (χ1v) is 11.5. The summed E-state index contributed by atoms with van der Waals surface area (Å²) in [6, 6.07) is 15.5. The van der Waals surface area contributed by atoms with E-state index in [0.29, 0.717) is 32.8 Å². The zero-order valence-electron chi connectivity index (χ0n) is 18.2. The zero-order chi connectivity index (χ0) is 24.7. The minimum Gasteiger partial charge on any atom is -0.496 e. The van der Waals surface area contributed by atoms with E-state index < -0.39 is 11.8 Å². The van der Waals surface area contributed by atoms with E-state index in [0.717, 1.165) is 15.6 Å². The summed E-state index contributed by atoms with van der Waals surface area (Å²) in [6.07, 6.45) is 1.41. The molecule has 0 unspecified atom stereocenters. The van der Waals surface area contributed by atoms with Crippen LogP contribution in [-0.2, 0) is 16.2 Å². The molecule has 2 N–H and O–H groups in total. The zero-order valence-corrected chi connectivity index (χ0v) is 21.3. The number of carbonyl (C=O) groups is 2. The van der Waals surface area contributed by atoms with Crippen molar-refractivity contribution < 1.29 is 19.1 Å². The smallest absolute Gasteiger partial charge is 0.329 e. The van der Waals surface area contributed by atoms with Crippen molar-refractivity contribution in [1.82, 2.24) is 5.43 Å². The minimum atomic E-state index is -0.895. The molecule has 3 aromatic carbocycles. The highest BCUT2D eigenvalue weighted by molar-refractivity contribution is 9.10. The number of amides is 2. The summed E-state index contributed by atoms with van der Waals surface area (Å²) < 4.78 is 12.0. The fourth-order valence-corrected chi connectivity index (χ4v) is 3.84. The molecule has 0 aliphatic rings. The fourth-order valence-electron chi connectivity index (χ4n) is 2.90. The van der Waals surface area contributed by atoms with E-state index in [2.05, 4.69) is 31.8 Å². The third-order valence-corrected chi connectivity index (χ3v) is 5.63. The van der Waals surface area contributed by atoms with Crippen LogP contribution in [0.3, 0.4) is 0 Å². The van der Waals surface area contributed by atoms with Crippen molar-refractivity contribution in [2.24, 2.45) is 5.10 Å². The molecule has 0 aliphatic carbocycles. The molecule has 0 heterocycles. The Hall–Kier alpha value is -3.07. The Labute approximate surface area is 215 Å². The van der Waals surface area contributed by atoms with Gasteiger partial charge in [0.05, 0.1) is 18.3 Å². The standard InChI is InChI=1S/C24H20BrCl2N3O4/c1-14-9-17(25)4-6-20(14)29-23(31)24(32)30-28-12-15-3-7-21(33-2)16(10-15)13-34-22-8-5-18(26)11-19(22)27/h3-12H,13H2,1-2H3,(H,29,31)(H,30,32)/b28-12+. The second-order valence-corrected chi connectivity index (χ2v) is 8.81. The Bertz CT molecular complexity index is 1250. The van der Waals surface area contributed by atoms with Gasteiger partial charge >= 0.3 is 11.8 Å². The quantitative estimate of drug-likeness (QED) is 0.217. The lowest BCUT2D eigenvalue weighted by Crippen LogP contribution is -2.32. The average Bonchev–Trinajstić information content (AvgIpc) is 2.80. The molecular weight excluding hydrogens is 545 g/mol. The van der Waals surface area contributed by atoms with Crippen LogP contribution in [0.5, 0.6) is 11.5 Å². The van der Waals surface area contributed by atoms with Gasteiger partial charge in [-0.1, -0.05) is 39.1 Å². The lowest BCUT2D eigenvalue weighted by atomic mass is 10.1. The largest absolute Gasteiger partial charge is 0.496 e. The molecule has 3 rings (SSSR count). The van der Waals surface area contributed by atoms with Gasteiger partial charge in [0.2, 0.25) is 0 Å². The molecule has 0 radical (unpaired) electrons. The van der Waals surface area contributed by atoms with E-state index in [1.807, 2.05) is 13.0 Å². The van der Waals surface area contributed by atoms with E-state index in [4.69, 9.17) is 32.7 Å². The molecule has 10 heteroatoms. The Morgan fingerprint density at radius 3 is 2.50 bits per heavy atom. The summed E-state index contributed by atoms with van der Waals surface area (Å²) in [7, 11) is 1.55. The summed E-state index contributed by atoms with van der Waals surface area (Å²) in [5.41, 5.74) is 4.95. The van der Waals surface area contributed by atoms with Crippen molar-refractivity contribution in [2.45, 2.75) is 13.5 Å². The molecule has 7 nitrogen and oxygen atoms in total. The third-order valence-electron chi connectivity index (χ3n) is 4.60. The summed E-state index contributed by atoms with van der Waals surface area (Å²) in [5.74, 6) is -0.638. The van der Waals surface area contributed by atoms with E-state index in [-0.39, 0.29) is 6.61 Å². The number of rotatable bonds is 7. The molecule has 0 fully saturated rings. The number of nitrogens with zero attached hydrogens (tertiary/aromatic N) is 1. The number of hydrogen-bond donors (Lipinski definition) is 2. The van der Waals surface area contributed by atoms with Gasteiger partial charge in [-0.15, -0.1) is 0 Å². The number of methoxy groups -OCH3 is 1. The van der Waals surface area contributed by atoms with Crippen LogP contribution < -0.4 is 20.2 Å². The molecule has 0 atom stereocenters. The molecule has 2 amide bonds. The number of anilines is 1. The number of aryl methyl sites for hydroxylation is 1. The number of carbonyl (C=O) groups excluding carboxylic acids is 2. The van der Waals surface area contributed by atoms with Gasteiger partial charge in [0.25, 0.3) is 0 Å². The second-order valence-electron chi connectivity index (χ2n) is 7.05. The highest BCUT2D eigenvalue weighted by Crippen LogP contribution is 2.29. The molecular formula is C24H20BrCl2N3O4. The SMILES string of the molecule is COc1ccc(/C=N/NC(=O)C(=O)Nc2ccc(Br)cc2C)cc1COc1ccc(Cl)cc1Cl. The van der Waals surface area contributed by atoms with Gasteiger partial charge < -0.3 is 14.8 Å². The number of nitrogens with one attached hydrogen (secondary N) is 2. The van der Waals surface area contributed by atoms with Crippen molar-refractivity contribution in [3.05, 3.63) is 85.8 Å². The molecule has 0 saturated carbocycles. The summed E-state index contributed by atoms with van der Waals surface area (Å²) in [4.78, 5) is 24.2. The molecule has 176 valence electrons. The predicted molar refractivity (Wildman–Crippen MR) is 137 cm³/mol. The topological polar surface area (TPSA) is 89.0 Å².